The lowest BCUT2D eigenvalue weighted by Crippen LogP contribution is -2.47. The molecule has 8 heteroatoms. The average molecular weight is 418 g/mol. The van der Waals surface area contributed by atoms with Gasteiger partial charge in [-0.15, -0.1) is 0 Å². The van der Waals surface area contributed by atoms with Crippen LogP contribution in [0.15, 0.2) is 36.4 Å². The number of fused-ring (bicyclic) bond motifs is 1. The van der Waals surface area contributed by atoms with Gasteiger partial charge in [-0.2, -0.15) is 8.78 Å². The van der Waals surface area contributed by atoms with Crippen molar-refractivity contribution in [2.45, 2.75) is 31.9 Å². The Hall–Kier alpha value is -3.03. The highest BCUT2D eigenvalue weighted by atomic mass is 19.3. The van der Waals surface area contributed by atoms with Gasteiger partial charge in [-0.05, 0) is 49.2 Å². The van der Waals surface area contributed by atoms with E-state index in [1.807, 2.05) is 6.07 Å². The third-order valence-electron chi connectivity index (χ3n) is 5.42. The van der Waals surface area contributed by atoms with E-state index in [9.17, 15) is 13.6 Å². The fraction of sp³-hybridized carbons (Fsp3) is 0.409. The van der Waals surface area contributed by atoms with E-state index in [0.29, 0.717) is 24.5 Å². The molecule has 0 spiro atoms. The summed E-state index contributed by atoms with van der Waals surface area (Å²) in [7, 11) is 1.57. The summed E-state index contributed by atoms with van der Waals surface area (Å²) in [6, 6.07) is 10.1. The number of alkyl halides is 2. The predicted octanol–water partition coefficient (Wildman–Crippen LogP) is 3.63. The second kappa shape index (κ2) is 8.77. The monoisotopic (exact) mass is 418 g/mol. The van der Waals surface area contributed by atoms with Crippen LogP contribution in [0.3, 0.4) is 0 Å². The summed E-state index contributed by atoms with van der Waals surface area (Å²) in [5.74, 6) is 1.28. The van der Waals surface area contributed by atoms with Gasteiger partial charge in [0.1, 0.15) is 5.75 Å². The Morgan fingerprint density at radius 2 is 2.07 bits per heavy atom. The summed E-state index contributed by atoms with van der Waals surface area (Å²) in [6.07, 6.45) is 2.55. The molecule has 1 saturated heterocycles. The molecule has 1 N–H and O–H groups in total. The zero-order chi connectivity index (χ0) is 21.1. The molecule has 1 unspecified atom stereocenters. The van der Waals surface area contributed by atoms with Crippen LogP contribution in [0.2, 0.25) is 0 Å². The van der Waals surface area contributed by atoms with Crippen molar-refractivity contribution in [2.75, 3.05) is 31.7 Å². The number of ether oxygens (including phenoxy) is 3. The average Bonchev–Trinajstić information content (AvgIpc) is 3.22. The molecule has 1 atom stereocenters. The number of hydrogen-bond donors (Lipinski definition) is 1. The maximum Gasteiger partial charge on any atom is 0.387 e. The van der Waals surface area contributed by atoms with Crippen molar-refractivity contribution in [1.29, 1.82) is 0 Å². The molecule has 2 heterocycles. The number of nitrogens with zero attached hydrogens (tertiary/aromatic N) is 1. The van der Waals surface area contributed by atoms with Crippen LogP contribution >= 0.6 is 0 Å². The number of piperidine rings is 1. The van der Waals surface area contributed by atoms with Gasteiger partial charge in [0.05, 0.1) is 13.7 Å². The van der Waals surface area contributed by atoms with E-state index in [0.717, 1.165) is 42.8 Å². The Morgan fingerprint density at radius 3 is 2.80 bits per heavy atom. The lowest BCUT2D eigenvalue weighted by Gasteiger charge is -2.35. The van der Waals surface area contributed by atoms with Crippen LogP contribution in [0, 0.1) is 0 Å². The summed E-state index contributed by atoms with van der Waals surface area (Å²) < 4.78 is 40.0. The Balaban J connectivity index is 1.41. The normalized spacial score (nSPS) is 18.0. The summed E-state index contributed by atoms with van der Waals surface area (Å²) in [4.78, 5) is 15.0. The smallest absolute Gasteiger partial charge is 0.387 e. The zero-order valence-corrected chi connectivity index (χ0v) is 16.7. The molecule has 0 aromatic heterocycles. The van der Waals surface area contributed by atoms with Gasteiger partial charge in [-0.1, -0.05) is 0 Å². The number of nitrogens with one attached hydrogen (secondary N) is 1. The molecule has 1 fully saturated rings. The van der Waals surface area contributed by atoms with Crippen LogP contribution in [-0.2, 0) is 6.42 Å². The Labute approximate surface area is 173 Å². The first kappa shape index (κ1) is 20.3. The molecule has 160 valence electrons. The van der Waals surface area contributed by atoms with Crippen LogP contribution in [0.4, 0.5) is 14.5 Å². The van der Waals surface area contributed by atoms with Gasteiger partial charge in [0.25, 0.3) is 5.91 Å². The lowest BCUT2D eigenvalue weighted by molar-refractivity contribution is -0.0498. The van der Waals surface area contributed by atoms with Crippen LogP contribution in [0.5, 0.6) is 17.2 Å². The molecular weight excluding hydrogens is 394 g/mol. The summed E-state index contributed by atoms with van der Waals surface area (Å²) >= 11 is 0. The van der Waals surface area contributed by atoms with Crippen LogP contribution < -0.4 is 24.4 Å². The fourth-order valence-electron chi connectivity index (χ4n) is 3.99. The number of benzene rings is 2. The van der Waals surface area contributed by atoms with Crippen molar-refractivity contribution >= 4 is 11.6 Å². The van der Waals surface area contributed by atoms with Crippen LogP contribution in [0.25, 0.3) is 0 Å². The van der Waals surface area contributed by atoms with Crippen molar-refractivity contribution < 1.29 is 27.8 Å². The van der Waals surface area contributed by atoms with E-state index >= 15 is 0 Å². The molecule has 2 aromatic rings. The molecule has 6 nitrogen and oxygen atoms in total. The van der Waals surface area contributed by atoms with E-state index in [2.05, 4.69) is 15.0 Å². The number of anilines is 1. The molecule has 0 aliphatic carbocycles. The SMILES string of the molecule is COc1cc(C(=O)NC2CCCN(c3ccc(OC(F)F)cc3)C2)cc2c1OCC2. The molecule has 2 aliphatic heterocycles. The first-order chi connectivity index (χ1) is 14.5. The second-order valence-electron chi connectivity index (χ2n) is 7.40. The van der Waals surface area contributed by atoms with Crippen LogP contribution in [-0.4, -0.2) is 45.4 Å². The molecule has 2 aliphatic rings. The van der Waals surface area contributed by atoms with Gasteiger partial charge in [0.2, 0.25) is 0 Å². The Bertz CT molecular complexity index is 905. The van der Waals surface area contributed by atoms with Gasteiger partial charge in [0, 0.05) is 42.4 Å². The van der Waals surface area contributed by atoms with Gasteiger partial charge in [0.15, 0.2) is 11.5 Å². The number of rotatable bonds is 6. The number of halogens is 2. The third kappa shape index (κ3) is 4.42. The largest absolute Gasteiger partial charge is 0.493 e. The molecule has 0 radical (unpaired) electrons. The molecule has 4 rings (SSSR count). The minimum absolute atomic E-state index is 0.0151. The van der Waals surface area contributed by atoms with Gasteiger partial charge in [-0.25, -0.2) is 0 Å². The van der Waals surface area contributed by atoms with Crippen LogP contribution in [0.1, 0.15) is 28.8 Å². The maximum atomic E-state index is 12.9. The molecular formula is C22H24F2N2O4. The van der Waals surface area contributed by atoms with Crippen molar-refractivity contribution in [3.05, 3.63) is 47.5 Å². The van der Waals surface area contributed by atoms with E-state index in [-0.39, 0.29) is 17.7 Å². The number of carbonyl (C=O) groups excluding carboxylic acids is 1. The first-order valence-corrected chi connectivity index (χ1v) is 9.98. The topological polar surface area (TPSA) is 60.0 Å². The van der Waals surface area contributed by atoms with Crippen molar-refractivity contribution in [3.63, 3.8) is 0 Å². The zero-order valence-electron chi connectivity index (χ0n) is 16.7. The molecule has 1 amide bonds. The summed E-state index contributed by atoms with van der Waals surface area (Å²) in [5, 5.41) is 3.11. The highest BCUT2D eigenvalue weighted by Gasteiger charge is 2.25. The number of carbonyl (C=O) groups is 1. The van der Waals surface area contributed by atoms with Crippen molar-refractivity contribution in [3.8, 4) is 17.2 Å². The lowest BCUT2D eigenvalue weighted by atomic mass is 10.0. The first-order valence-electron chi connectivity index (χ1n) is 9.98. The van der Waals surface area contributed by atoms with E-state index in [1.54, 1.807) is 25.3 Å². The molecule has 0 saturated carbocycles. The molecule has 2 aromatic carbocycles. The number of amides is 1. The Morgan fingerprint density at radius 1 is 1.27 bits per heavy atom. The maximum absolute atomic E-state index is 12.9. The minimum atomic E-state index is -2.84. The highest BCUT2D eigenvalue weighted by Crippen LogP contribution is 2.36. The van der Waals surface area contributed by atoms with Gasteiger partial charge < -0.3 is 24.4 Å². The third-order valence-corrected chi connectivity index (χ3v) is 5.42. The van der Waals surface area contributed by atoms with Crippen molar-refractivity contribution in [2.24, 2.45) is 0 Å². The fourth-order valence-corrected chi connectivity index (χ4v) is 3.99. The number of hydrogen-bond acceptors (Lipinski definition) is 5. The summed E-state index contributed by atoms with van der Waals surface area (Å²) in [5.41, 5.74) is 2.45. The highest BCUT2D eigenvalue weighted by molar-refractivity contribution is 5.95. The Kier molecular flexibility index (Phi) is 5.92. The van der Waals surface area contributed by atoms with E-state index in [4.69, 9.17) is 9.47 Å². The number of methoxy groups -OCH3 is 1. The quantitative estimate of drug-likeness (QED) is 0.776. The van der Waals surface area contributed by atoms with Gasteiger partial charge in [-0.3, -0.25) is 4.79 Å². The van der Waals surface area contributed by atoms with Crippen molar-refractivity contribution in [1.82, 2.24) is 5.32 Å². The molecule has 0 bridgehead atoms. The summed E-state index contributed by atoms with van der Waals surface area (Å²) in [6.45, 7) is -0.762. The second-order valence-corrected chi connectivity index (χ2v) is 7.40. The van der Waals surface area contributed by atoms with E-state index in [1.165, 1.54) is 12.1 Å². The molecule has 30 heavy (non-hydrogen) atoms. The van der Waals surface area contributed by atoms with Gasteiger partial charge >= 0.3 is 6.61 Å². The predicted molar refractivity (Wildman–Crippen MR) is 108 cm³/mol. The standard InChI is InChI=1S/C22H24F2N2O4/c1-28-19-12-15(11-14-8-10-29-20(14)19)21(27)25-16-3-2-9-26(13-16)17-4-6-18(7-5-17)30-22(23)24/h4-7,11-12,16,22H,2-3,8-10,13H2,1H3,(H,25,27). The minimum Gasteiger partial charge on any atom is -0.493 e. The van der Waals surface area contributed by atoms with E-state index < -0.39 is 6.61 Å².